The summed E-state index contributed by atoms with van der Waals surface area (Å²) in [6.07, 6.45) is 1.60. The van der Waals surface area contributed by atoms with Gasteiger partial charge in [0.1, 0.15) is 23.9 Å². The van der Waals surface area contributed by atoms with Crippen molar-refractivity contribution in [2.75, 3.05) is 12.0 Å². The molecule has 0 aliphatic heterocycles. The quantitative estimate of drug-likeness (QED) is 0.158. The minimum Gasteiger partial charge on any atom is -0.508 e. The van der Waals surface area contributed by atoms with Crippen molar-refractivity contribution in [1.29, 1.82) is 0 Å². The molecule has 0 spiro atoms. The van der Waals surface area contributed by atoms with Crippen molar-refractivity contribution in [2.45, 2.75) is 50.4 Å². The number of hydrogen-bond acceptors (Lipinski definition) is 8. The smallest absolute Gasteiger partial charge is 0.326 e. The van der Waals surface area contributed by atoms with Crippen LogP contribution in [0, 0.1) is 0 Å². The number of thioether (sulfide) groups is 1. The van der Waals surface area contributed by atoms with Gasteiger partial charge in [-0.3, -0.25) is 19.2 Å². The van der Waals surface area contributed by atoms with E-state index in [-0.39, 0.29) is 18.6 Å². The fourth-order valence-electron chi connectivity index (χ4n) is 2.84. The summed E-state index contributed by atoms with van der Waals surface area (Å²) in [7, 11) is 0. The van der Waals surface area contributed by atoms with Crippen LogP contribution in [0.25, 0.3) is 0 Å². The second-order valence-electron chi connectivity index (χ2n) is 7.62. The van der Waals surface area contributed by atoms with Crippen LogP contribution in [-0.2, 0) is 30.4 Å². The van der Waals surface area contributed by atoms with Crippen LogP contribution in [0.5, 0.6) is 5.75 Å². The number of phenolic OH excluding ortho intramolecular Hbond substituents is 1. The Morgan fingerprint density at radius 2 is 1.56 bits per heavy atom. The van der Waals surface area contributed by atoms with Gasteiger partial charge in [0.05, 0.1) is 12.5 Å². The van der Waals surface area contributed by atoms with Gasteiger partial charge in [0.2, 0.25) is 23.6 Å². The van der Waals surface area contributed by atoms with E-state index in [9.17, 15) is 34.2 Å². The van der Waals surface area contributed by atoms with E-state index >= 15 is 0 Å². The molecule has 4 unspecified atom stereocenters. The molecule has 0 radical (unpaired) electrons. The number of aromatic hydroxyl groups is 1. The molecule has 1 aromatic rings. The third kappa shape index (κ3) is 10.1. The summed E-state index contributed by atoms with van der Waals surface area (Å²) in [6.45, 7) is 1.37. The first-order chi connectivity index (χ1) is 15.9. The lowest BCUT2D eigenvalue weighted by atomic mass is 10.0. The van der Waals surface area contributed by atoms with Crippen molar-refractivity contribution < 1.29 is 34.2 Å². The maximum atomic E-state index is 12.8. The molecule has 1 rings (SSSR count). The highest BCUT2D eigenvalue weighted by Gasteiger charge is 2.29. The molecule has 4 atom stereocenters. The van der Waals surface area contributed by atoms with E-state index in [0.717, 1.165) is 0 Å². The number of primary amides is 1. The van der Waals surface area contributed by atoms with E-state index in [2.05, 4.69) is 16.0 Å². The highest BCUT2D eigenvalue weighted by atomic mass is 32.2. The number of hydrogen-bond donors (Lipinski definition) is 7. The number of phenols is 1. The molecule has 0 aromatic heterocycles. The van der Waals surface area contributed by atoms with Gasteiger partial charge in [-0.05, 0) is 43.0 Å². The van der Waals surface area contributed by atoms with Gasteiger partial charge in [0.25, 0.3) is 0 Å². The fraction of sp³-hybridized carbons (Fsp3) is 0.476. The van der Waals surface area contributed by atoms with Gasteiger partial charge in [-0.25, -0.2) is 4.79 Å². The summed E-state index contributed by atoms with van der Waals surface area (Å²) in [5.74, 6) is -3.65. The number of carbonyl (C=O) groups is 5. The molecule has 1 aromatic carbocycles. The molecule has 4 amide bonds. The Hall–Kier alpha value is -3.32. The number of aliphatic carboxylic acids is 1. The zero-order chi connectivity index (χ0) is 25.8. The largest absolute Gasteiger partial charge is 0.508 e. The molecular weight excluding hydrogens is 466 g/mol. The molecule has 9 N–H and O–H groups in total. The SMILES string of the molecule is CSCCC(NC(=O)C(C)NC(=O)C(N)CC(N)=O)C(=O)NC(Cc1ccc(O)cc1)C(=O)O. The lowest BCUT2D eigenvalue weighted by Gasteiger charge is -2.23. The number of carbonyl (C=O) groups excluding carboxylic acids is 4. The van der Waals surface area contributed by atoms with Gasteiger partial charge >= 0.3 is 5.97 Å². The van der Waals surface area contributed by atoms with E-state index in [0.29, 0.717) is 11.3 Å². The molecule has 0 aliphatic carbocycles. The van der Waals surface area contributed by atoms with Crippen molar-refractivity contribution in [3.8, 4) is 5.75 Å². The van der Waals surface area contributed by atoms with Crippen LogP contribution in [0.15, 0.2) is 24.3 Å². The molecule has 0 saturated carbocycles. The Bertz CT molecular complexity index is 881. The molecular formula is C21H31N5O7S. The number of nitrogens with one attached hydrogen (secondary N) is 3. The van der Waals surface area contributed by atoms with Gasteiger partial charge in [0, 0.05) is 6.42 Å². The molecule has 0 fully saturated rings. The Kier molecular flexibility index (Phi) is 11.9. The summed E-state index contributed by atoms with van der Waals surface area (Å²) in [5.41, 5.74) is 11.1. The maximum Gasteiger partial charge on any atom is 0.326 e. The molecule has 34 heavy (non-hydrogen) atoms. The first kappa shape index (κ1) is 28.7. The monoisotopic (exact) mass is 497 g/mol. The number of benzene rings is 1. The molecule has 188 valence electrons. The van der Waals surface area contributed by atoms with Crippen LogP contribution >= 0.6 is 11.8 Å². The molecule has 0 heterocycles. The van der Waals surface area contributed by atoms with E-state index in [1.807, 2.05) is 6.26 Å². The van der Waals surface area contributed by atoms with E-state index in [1.165, 1.54) is 43.0 Å². The molecule has 0 aliphatic rings. The van der Waals surface area contributed by atoms with Gasteiger partial charge in [-0.15, -0.1) is 0 Å². The van der Waals surface area contributed by atoms with Crippen LogP contribution in [0.4, 0.5) is 0 Å². The Morgan fingerprint density at radius 3 is 2.09 bits per heavy atom. The number of amides is 4. The van der Waals surface area contributed by atoms with Crippen LogP contribution in [0.1, 0.15) is 25.3 Å². The number of nitrogens with two attached hydrogens (primary N) is 2. The zero-order valence-electron chi connectivity index (χ0n) is 18.9. The number of carboxylic acid groups (broad SMARTS) is 1. The van der Waals surface area contributed by atoms with Gasteiger partial charge in [0.15, 0.2) is 0 Å². The fourth-order valence-corrected chi connectivity index (χ4v) is 3.31. The summed E-state index contributed by atoms with van der Waals surface area (Å²) in [5, 5.41) is 26.2. The van der Waals surface area contributed by atoms with Gasteiger partial charge < -0.3 is 37.6 Å². The van der Waals surface area contributed by atoms with Crippen LogP contribution < -0.4 is 27.4 Å². The summed E-state index contributed by atoms with van der Waals surface area (Å²) in [4.78, 5) is 60.0. The Morgan fingerprint density at radius 1 is 0.971 bits per heavy atom. The van der Waals surface area contributed by atoms with Gasteiger partial charge in [-0.2, -0.15) is 11.8 Å². The molecule has 0 saturated heterocycles. The van der Waals surface area contributed by atoms with E-state index in [4.69, 9.17) is 11.5 Å². The standard InChI is InChI=1S/C21H31N5O7S/c1-11(24-19(30)14(22)10-17(23)28)18(29)25-15(7-8-34-2)20(31)26-16(21(32)33)9-12-3-5-13(27)6-4-12/h3-6,11,14-16,27H,7-10,22H2,1-2H3,(H2,23,28)(H,24,30)(H,25,29)(H,26,31)(H,32,33). The lowest BCUT2D eigenvalue weighted by molar-refractivity contribution is -0.142. The van der Waals surface area contributed by atoms with Crippen molar-refractivity contribution in [3.63, 3.8) is 0 Å². The zero-order valence-corrected chi connectivity index (χ0v) is 19.8. The molecule has 12 nitrogen and oxygen atoms in total. The van der Waals surface area contributed by atoms with E-state index in [1.54, 1.807) is 0 Å². The second kappa shape index (κ2) is 14.1. The lowest BCUT2D eigenvalue weighted by Crippen LogP contribution is -2.56. The average molecular weight is 498 g/mol. The van der Waals surface area contributed by atoms with Crippen LogP contribution in [-0.4, -0.2) is 76.0 Å². The summed E-state index contributed by atoms with van der Waals surface area (Å²) >= 11 is 1.43. The summed E-state index contributed by atoms with van der Waals surface area (Å²) < 4.78 is 0. The van der Waals surface area contributed by atoms with Crippen molar-refractivity contribution >= 4 is 41.4 Å². The topological polar surface area (TPSA) is 214 Å². The Balaban J connectivity index is 2.82. The first-order valence-corrected chi connectivity index (χ1v) is 11.8. The third-order valence-electron chi connectivity index (χ3n) is 4.74. The average Bonchev–Trinajstić information content (AvgIpc) is 2.76. The minimum atomic E-state index is -1.27. The highest BCUT2D eigenvalue weighted by Crippen LogP contribution is 2.12. The predicted octanol–water partition coefficient (Wildman–Crippen LogP) is -1.55. The van der Waals surface area contributed by atoms with Crippen molar-refractivity contribution in [1.82, 2.24) is 16.0 Å². The normalized spacial score (nSPS) is 14.2. The molecule has 13 heteroatoms. The van der Waals surface area contributed by atoms with Crippen LogP contribution in [0.3, 0.4) is 0 Å². The minimum absolute atomic E-state index is 0.0243. The molecule has 0 bridgehead atoms. The number of rotatable bonds is 14. The highest BCUT2D eigenvalue weighted by molar-refractivity contribution is 7.98. The number of carboxylic acids is 1. The predicted molar refractivity (Wildman–Crippen MR) is 126 cm³/mol. The third-order valence-corrected chi connectivity index (χ3v) is 5.39. The van der Waals surface area contributed by atoms with Crippen LogP contribution in [0.2, 0.25) is 0 Å². The summed E-state index contributed by atoms with van der Waals surface area (Å²) in [6, 6.07) is 1.26. The van der Waals surface area contributed by atoms with Gasteiger partial charge in [-0.1, -0.05) is 12.1 Å². The Labute approximate surface area is 201 Å². The van der Waals surface area contributed by atoms with Crippen molar-refractivity contribution in [3.05, 3.63) is 29.8 Å². The van der Waals surface area contributed by atoms with E-state index < -0.39 is 60.2 Å². The first-order valence-electron chi connectivity index (χ1n) is 10.4. The second-order valence-corrected chi connectivity index (χ2v) is 8.61. The maximum absolute atomic E-state index is 12.8. The van der Waals surface area contributed by atoms with Crippen molar-refractivity contribution in [2.24, 2.45) is 11.5 Å².